The molecule has 0 saturated heterocycles. The topological polar surface area (TPSA) is 246 Å². The molecule has 2 aromatic rings. The van der Waals surface area contributed by atoms with Crippen molar-refractivity contribution in [2.75, 3.05) is 23.0 Å². The Hall–Kier alpha value is -4.88. The van der Waals surface area contributed by atoms with E-state index in [4.69, 9.17) is 38.5 Å². The fourth-order valence-corrected chi connectivity index (χ4v) is 6.51. The van der Waals surface area contributed by atoms with Crippen LogP contribution in [0.2, 0.25) is 5.02 Å². The van der Waals surface area contributed by atoms with Gasteiger partial charge in [0.1, 0.15) is 17.6 Å². The third kappa shape index (κ3) is 12.3. The summed E-state index contributed by atoms with van der Waals surface area (Å²) >= 11 is 5.97. The Labute approximate surface area is 323 Å². The van der Waals surface area contributed by atoms with Crippen molar-refractivity contribution >= 4 is 59.5 Å². The summed E-state index contributed by atoms with van der Waals surface area (Å²) in [6.07, 6.45) is 8.94. The first-order valence-electron chi connectivity index (χ1n) is 17.3. The van der Waals surface area contributed by atoms with E-state index in [1.165, 1.54) is 18.8 Å². The van der Waals surface area contributed by atoms with Crippen LogP contribution in [0.25, 0.3) is 0 Å². The molecule has 3 unspecified atom stereocenters. The summed E-state index contributed by atoms with van der Waals surface area (Å²) in [5, 5.41) is 33.7. The summed E-state index contributed by atoms with van der Waals surface area (Å²) in [7, 11) is -3.10. The van der Waals surface area contributed by atoms with Crippen LogP contribution in [0.1, 0.15) is 76.8 Å². The van der Waals surface area contributed by atoms with Crippen LogP contribution in [-0.2, 0) is 18.9 Å². The minimum atomic E-state index is -3.10. The molecule has 1 heterocycles. The molecule has 0 bridgehead atoms. The number of carboxylic acids is 1. The molecule has 2 aromatic carbocycles. The van der Waals surface area contributed by atoms with E-state index in [1.807, 2.05) is 13.8 Å². The van der Waals surface area contributed by atoms with Crippen molar-refractivity contribution in [2.45, 2.75) is 97.8 Å². The maximum absolute atomic E-state index is 14.4. The number of hydrogen-bond donors (Lipinski definition) is 4. The summed E-state index contributed by atoms with van der Waals surface area (Å²) in [5.41, 5.74) is 6.46. The Morgan fingerprint density at radius 3 is 2.11 bits per heavy atom. The van der Waals surface area contributed by atoms with Crippen molar-refractivity contribution in [1.82, 2.24) is 0 Å². The number of benzene rings is 2. The Bertz CT molecular complexity index is 1910. The van der Waals surface area contributed by atoms with E-state index in [-0.39, 0.29) is 52.1 Å². The molecule has 19 heteroatoms. The van der Waals surface area contributed by atoms with Gasteiger partial charge < -0.3 is 25.8 Å². The number of halogens is 2. The first kappa shape index (κ1) is 46.3. The molecule has 1 aliphatic heterocycles. The summed E-state index contributed by atoms with van der Waals surface area (Å²) in [6.45, 7) is 9.92. The monoisotopic (exact) mass is 809 g/mol. The molecule has 55 heavy (non-hydrogen) atoms. The van der Waals surface area contributed by atoms with Crippen molar-refractivity contribution in [1.29, 1.82) is 0 Å². The Kier molecular flexibility index (Phi) is 17.0. The predicted molar refractivity (Wildman–Crippen MR) is 206 cm³/mol. The van der Waals surface area contributed by atoms with Gasteiger partial charge in [-0.3, -0.25) is 39.2 Å². The second kappa shape index (κ2) is 20.2. The predicted octanol–water partition coefficient (Wildman–Crippen LogP) is 7.03. The average molecular weight is 810 g/mol. The third-order valence-electron chi connectivity index (χ3n) is 8.85. The van der Waals surface area contributed by atoms with Crippen LogP contribution in [0.3, 0.4) is 0 Å². The van der Waals surface area contributed by atoms with Gasteiger partial charge >= 0.3 is 11.7 Å². The molecule has 2 amide bonds. The van der Waals surface area contributed by atoms with Crippen molar-refractivity contribution < 1.29 is 47.9 Å². The van der Waals surface area contributed by atoms with E-state index < -0.39 is 53.0 Å². The SMILES string of the molecule is C#CC(C)Oc1cc(N2C(=O)C3=C(CCCC3)C2=O)c(F)cc1Cl.CCC(CC)Nc1c([N+](=O)[O-])cc(C)c(C)c1[N+](=O)[O-].CP(=O)(O)CCC(N)C(=O)O. The number of nitro benzene ring substituents is 2. The highest BCUT2D eigenvalue weighted by atomic mass is 35.5. The standard InChI is InChI=1S/C18H15ClFNO3.C13H19N3O4.C5H12NO4P/c1-3-10(2)24-16-9-15(14(20)8-13(16)19)21-17(22)11-6-4-5-7-12(11)18(21)23;1-5-10(6-2)14-12-11(15(17)18)7-8(3)9(4)13(12)16(19)20;1-11(9,10)3-2-4(6)5(7)8/h1,8-10H,4-7H2,2H3;7,10,14H,5-6H2,1-4H3;4H,2-3,6H2,1H3,(H,7,8)(H,9,10). The van der Waals surface area contributed by atoms with Crippen molar-refractivity contribution in [3.63, 3.8) is 0 Å². The van der Waals surface area contributed by atoms with Gasteiger partial charge in [0.25, 0.3) is 17.5 Å². The van der Waals surface area contributed by atoms with Crippen LogP contribution in [-0.4, -0.2) is 68.6 Å². The van der Waals surface area contributed by atoms with E-state index in [1.54, 1.807) is 20.8 Å². The number of nitrogens with zero attached hydrogens (tertiary/aromatic N) is 3. The molecule has 1 aliphatic carbocycles. The van der Waals surface area contributed by atoms with Gasteiger partial charge in [-0.15, -0.1) is 6.42 Å². The first-order valence-corrected chi connectivity index (χ1v) is 20.0. The molecule has 5 N–H and O–H groups in total. The van der Waals surface area contributed by atoms with Gasteiger partial charge in [-0.05, 0) is 77.3 Å². The van der Waals surface area contributed by atoms with Gasteiger partial charge in [0.15, 0.2) is 19.2 Å². The van der Waals surface area contributed by atoms with Crippen molar-refractivity contribution in [2.24, 2.45) is 5.73 Å². The maximum Gasteiger partial charge on any atom is 0.320 e. The average Bonchev–Trinajstić information content (AvgIpc) is 3.37. The van der Waals surface area contributed by atoms with Crippen LogP contribution >= 0.6 is 19.0 Å². The molecule has 0 fully saturated rings. The number of carboxylic acid groups (broad SMARTS) is 1. The minimum absolute atomic E-state index is 0.0109. The largest absolute Gasteiger partial charge is 0.480 e. The van der Waals surface area contributed by atoms with Crippen LogP contribution < -0.4 is 20.7 Å². The number of aryl methyl sites for hydroxylation is 1. The number of imide groups is 1. The molecular weight excluding hydrogens is 764 g/mol. The number of terminal acetylenes is 1. The number of rotatable bonds is 13. The van der Waals surface area contributed by atoms with Crippen LogP contribution in [0.5, 0.6) is 5.75 Å². The molecular formula is C36H46ClFN5O11P. The Morgan fingerprint density at radius 1 is 1.13 bits per heavy atom. The number of hydrogen-bond acceptors (Lipinski definition) is 11. The fourth-order valence-electron chi connectivity index (χ4n) is 5.56. The van der Waals surface area contributed by atoms with E-state index in [0.717, 1.165) is 36.6 Å². The van der Waals surface area contributed by atoms with Crippen LogP contribution in [0, 0.1) is 52.2 Å². The number of carbonyl (C=O) groups excluding carboxylic acids is 2. The zero-order valence-electron chi connectivity index (χ0n) is 31.4. The van der Waals surface area contributed by atoms with Gasteiger partial charge in [0.2, 0.25) is 0 Å². The Balaban J connectivity index is 0.000000306. The van der Waals surface area contributed by atoms with E-state index in [9.17, 15) is 43.6 Å². The van der Waals surface area contributed by atoms with Crippen molar-refractivity contribution in [3.05, 3.63) is 71.5 Å². The summed E-state index contributed by atoms with van der Waals surface area (Å²) in [4.78, 5) is 66.1. The van der Waals surface area contributed by atoms with Gasteiger partial charge in [0.05, 0.1) is 20.6 Å². The number of amides is 2. The summed E-state index contributed by atoms with van der Waals surface area (Å²) in [6, 6.07) is 2.59. The van der Waals surface area contributed by atoms with Gasteiger partial charge in [-0.25, -0.2) is 9.29 Å². The van der Waals surface area contributed by atoms with E-state index in [0.29, 0.717) is 35.1 Å². The lowest BCUT2D eigenvalue weighted by molar-refractivity contribution is -0.392. The highest BCUT2D eigenvalue weighted by molar-refractivity contribution is 7.57. The second-order valence-corrected chi connectivity index (χ2v) is 16.0. The molecule has 4 rings (SSSR count). The molecule has 2 aliphatic rings. The van der Waals surface area contributed by atoms with Gasteiger partial charge in [-0.2, -0.15) is 0 Å². The zero-order valence-corrected chi connectivity index (χ0v) is 33.0. The molecule has 0 aromatic heterocycles. The van der Waals surface area contributed by atoms with E-state index in [2.05, 4.69) is 11.2 Å². The van der Waals surface area contributed by atoms with Gasteiger partial charge in [-0.1, -0.05) is 31.4 Å². The minimum Gasteiger partial charge on any atom is -0.480 e. The molecule has 16 nitrogen and oxygen atoms in total. The highest BCUT2D eigenvalue weighted by Gasteiger charge is 2.41. The Morgan fingerprint density at radius 2 is 1.67 bits per heavy atom. The molecule has 0 saturated carbocycles. The molecule has 0 spiro atoms. The number of aliphatic carboxylic acids is 1. The number of carbonyl (C=O) groups is 3. The van der Waals surface area contributed by atoms with Gasteiger partial charge in [0, 0.05) is 47.7 Å². The number of nitrogens with one attached hydrogen (secondary N) is 1. The lowest BCUT2D eigenvalue weighted by atomic mass is 9.93. The lowest BCUT2D eigenvalue weighted by Gasteiger charge is -2.19. The molecule has 0 radical (unpaired) electrons. The number of nitro groups is 2. The van der Waals surface area contributed by atoms with Crippen molar-refractivity contribution in [3.8, 4) is 18.1 Å². The number of ether oxygens (including phenoxy) is 1. The normalized spacial score (nSPS) is 15.7. The third-order valence-corrected chi connectivity index (χ3v) is 10.2. The second-order valence-electron chi connectivity index (χ2n) is 13.0. The smallest absolute Gasteiger partial charge is 0.320 e. The lowest BCUT2D eigenvalue weighted by Crippen LogP contribution is -2.32. The highest BCUT2D eigenvalue weighted by Crippen LogP contribution is 2.41. The summed E-state index contributed by atoms with van der Waals surface area (Å²) in [5.74, 6) is -0.333. The first-order chi connectivity index (χ1) is 25.6. The summed E-state index contributed by atoms with van der Waals surface area (Å²) < 4.78 is 30.5. The van der Waals surface area contributed by atoms with Crippen LogP contribution in [0.4, 0.5) is 27.1 Å². The number of nitrogens with two attached hydrogens (primary N) is 1. The fraction of sp³-hybridized carbons (Fsp3) is 0.472. The number of anilines is 2. The van der Waals surface area contributed by atoms with E-state index >= 15 is 0 Å². The quantitative estimate of drug-likeness (QED) is 0.0522. The van der Waals surface area contributed by atoms with Crippen LogP contribution in [0.15, 0.2) is 29.3 Å². The zero-order chi connectivity index (χ0) is 41.9. The molecule has 3 atom stereocenters. The molecule has 300 valence electrons. The maximum atomic E-state index is 14.4.